The number of hydrogen-bond acceptors (Lipinski definition) is 2. The van der Waals surface area contributed by atoms with Gasteiger partial charge in [-0.25, -0.2) is 4.39 Å². The van der Waals surface area contributed by atoms with Crippen LogP contribution in [0.4, 0.5) is 4.39 Å². The van der Waals surface area contributed by atoms with E-state index in [0.29, 0.717) is 6.04 Å². The average Bonchev–Trinajstić information content (AvgIpc) is 2.81. The van der Waals surface area contributed by atoms with Gasteiger partial charge in [0.1, 0.15) is 5.82 Å². The lowest BCUT2D eigenvalue weighted by Gasteiger charge is -2.25. The summed E-state index contributed by atoms with van der Waals surface area (Å²) >= 11 is 0. The molecule has 0 bridgehead atoms. The number of benzene rings is 1. The first kappa shape index (κ1) is 13.5. The molecule has 2 rings (SSSR count). The van der Waals surface area contributed by atoms with Crippen molar-refractivity contribution in [2.75, 3.05) is 26.7 Å². The number of nitrogens with zero attached hydrogens (tertiary/aromatic N) is 1. The molecule has 2 atom stereocenters. The highest BCUT2D eigenvalue weighted by Gasteiger charge is 2.26. The molecule has 0 aromatic heterocycles. The Morgan fingerprint density at radius 2 is 2.28 bits per heavy atom. The van der Waals surface area contributed by atoms with Crippen molar-refractivity contribution in [3.8, 4) is 0 Å². The molecule has 1 fully saturated rings. The molecule has 1 saturated heterocycles. The molecular weight excluding hydrogens is 227 g/mol. The Balaban J connectivity index is 2.03. The number of halogens is 1. The third-order valence-electron chi connectivity index (χ3n) is 4.04. The van der Waals surface area contributed by atoms with Gasteiger partial charge in [0.05, 0.1) is 0 Å². The highest BCUT2D eigenvalue weighted by molar-refractivity contribution is 5.25. The molecule has 1 aliphatic heterocycles. The molecule has 1 aromatic rings. The highest BCUT2D eigenvalue weighted by atomic mass is 19.1. The molecule has 100 valence electrons. The summed E-state index contributed by atoms with van der Waals surface area (Å²) in [4.78, 5) is 2.45. The highest BCUT2D eigenvalue weighted by Crippen LogP contribution is 2.27. The largest absolute Gasteiger partial charge is 0.319 e. The predicted molar refractivity (Wildman–Crippen MR) is 73.2 cm³/mol. The van der Waals surface area contributed by atoms with Gasteiger partial charge < -0.3 is 5.32 Å². The second-order valence-electron chi connectivity index (χ2n) is 5.39. The Labute approximate surface area is 109 Å². The minimum Gasteiger partial charge on any atom is -0.319 e. The molecule has 3 heteroatoms. The maximum Gasteiger partial charge on any atom is 0.126 e. The Hall–Kier alpha value is -0.930. The van der Waals surface area contributed by atoms with E-state index in [1.807, 2.05) is 20.0 Å². The van der Waals surface area contributed by atoms with Crippen molar-refractivity contribution in [3.63, 3.8) is 0 Å². The monoisotopic (exact) mass is 250 g/mol. The number of aryl methyl sites for hydroxylation is 1. The van der Waals surface area contributed by atoms with Gasteiger partial charge in [-0.1, -0.05) is 12.1 Å². The van der Waals surface area contributed by atoms with Gasteiger partial charge in [-0.2, -0.15) is 0 Å². The van der Waals surface area contributed by atoms with Crippen LogP contribution in [0.3, 0.4) is 0 Å². The van der Waals surface area contributed by atoms with Gasteiger partial charge >= 0.3 is 0 Å². The van der Waals surface area contributed by atoms with Crippen LogP contribution in [-0.4, -0.2) is 31.6 Å². The quantitative estimate of drug-likeness (QED) is 0.884. The third-order valence-corrected chi connectivity index (χ3v) is 4.04. The topological polar surface area (TPSA) is 15.3 Å². The minimum absolute atomic E-state index is 0.0923. The van der Waals surface area contributed by atoms with E-state index in [0.717, 1.165) is 36.7 Å². The Kier molecular flexibility index (Phi) is 4.36. The Morgan fingerprint density at radius 1 is 1.50 bits per heavy atom. The van der Waals surface area contributed by atoms with E-state index in [1.165, 1.54) is 6.42 Å². The van der Waals surface area contributed by atoms with Crippen LogP contribution in [0.2, 0.25) is 0 Å². The number of rotatable bonds is 4. The lowest BCUT2D eigenvalue weighted by atomic mass is 10.0. The van der Waals surface area contributed by atoms with E-state index >= 15 is 0 Å². The third kappa shape index (κ3) is 2.90. The summed E-state index contributed by atoms with van der Waals surface area (Å²) in [6, 6.07) is 5.92. The Morgan fingerprint density at radius 3 is 2.94 bits per heavy atom. The molecule has 0 saturated carbocycles. The van der Waals surface area contributed by atoms with Gasteiger partial charge in [-0.15, -0.1) is 0 Å². The van der Waals surface area contributed by atoms with Crippen LogP contribution in [0, 0.1) is 18.7 Å². The van der Waals surface area contributed by atoms with Gasteiger partial charge in [0.2, 0.25) is 0 Å². The summed E-state index contributed by atoms with van der Waals surface area (Å²) < 4.78 is 13.6. The summed E-state index contributed by atoms with van der Waals surface area (Å²) in [7, 11) is 2.00. The fourth-order valence-corrected chi connectivity index (χ4v) is 2.75. The van der Waals surface area contributed by atoms with Gasteiger partial charge in [0, 0.05) is 12.6 Å². The van der Waals surface area contributed by atoms with Crippen LogP contribution >= 0.6 is 0 Å². The van der Waals surface area contributed by atoms with E-state index in [9.17, 15) is 4.39 Å². The standard InChI is InChI=1S/C15H23FN2/c1-11-4-5-14(8-15(11)16)12(2)18-7-6-13(10-18)9-17-3/h4-5,8,12-13,17H,6-7,9-10H2,1-3H3. The summed E-state index contributed by atoms with van der Waals surface area (Å²) in [6.45, 7) is 7.28. The molecule has 0 spiro atoms. The summed E-state index contributed by atoms with van der Waals surface area (Å²) in [5.41, 5.74) is 1.81. The summed E-state index contributed by atoms with van der Waals surface area (Å²) in [5, 5.41) is 3.24. The second-order valence-corrected chi connectivity index (χ2v) is 5.39. The van der Waals surface area contributed by atoms with E-state index in [4.69, 9.17) is 0 Å². The van der Waals surface area contributed by atoms with Crippen molar-refractivity contribution < 1.29 is 4.39 Å². The Bertz CT molecular complexity index is 405. The molecule has 18 heavy (non-hydrogen) atoms. The molecule has 0 amide bonds. The molecule has 0 radical (unpaired) electrons. The van der Waals surface area contributed by atoms with Crippen LogP contribution in [-0.2, 0) is 0 Å². The predicted octanol–water partition coefficient (Wildman–Crippen LogP) is 2.74. The van der Waals surface area contributed by atoms with Gasteiger partial charge in [0.25, 0.3) is 0 Å². The number of hydrogen-bond donors (Lipinski definition) is 1. The summed E-state index contributed by atoms with van der Waals surface area (Å²) in [5.74, 6) is 0.637. The molecule has 1 aromatic carbocycles. The maximum atomic E-state index is 13.6. The van der Waals surface area contributed by atoms with Crippen LogP contribution in [0.1, 0.15) is 30.5 Å². The van der Waals surface area contributed by atoms with E-state index in [2.05, 4.69) is 23.2 Å². The van der Waals surface area contributed by atoms with Crippen LogP contribution in [0.15, 0.2) is 18.2 Å². The van der Waals surface area contributed by atoms with Gasteiger partial charge in [-0.3, -0.25) is 4.90 Å². The van der Waals surface area contributed by atoms with Crippen LogP contribution in [0.5, 0.6) is 0 Å². The molecule has 0 aliphatic carbocycles. The lowest BCUT2D eigenvalue weighted by molar-refractivity contribution is 0.251. The van der Waals surface area contributed by atoms with Crippen LogP contribution < -0.4 is 5.32 Å². The zero-order valence-electron chi connectivity index (χ0n) is 11.5. The van der Waals surface area contributed by atoms with Crippen molar-refractivity contribution in [1.29, 1.82) is 0 Å². The van der Waals surface area contributed by atoms with Crippen molar-refractivity contribution in [2.45, 2.75) is 26.3 Å². The maximum absolute atomic E-state index is 13.6. The number of likely N-dealkylation sites (tertiary alicyclic amines) is 1. The fourth-order valence-electron chi connectivity index (χ4n) is 2.75. The molecule has 2 unspecified atom stereocenters. The number of nitrogens with one attached hydrogen (secondary N) is 1. The van der Waals surface area contributed by atoms with E-state index < -0.39 is 0 Å². The van der Waals surface area contributed by atoms with Gasteiger partial charge in [-0.05, 0) is 63.5 Å². The first-order valence-electron chi connectivity index (χ1n) is 6.76. The zero-order chi connectivity index (χ0) is 13.1. The molecule has 1 heterocycles. The van der Waals surface area contributed by atoms with Crippen LogP contribution in [0.25, 0.3) is 0 Å². The molecule has 1 aliphatic rings. The molecular formula is C15H23FN2. The smallest absolute Gasteiger partial charge is 0.126 e. The second kappa shape index (κ2) is 5.81. The van der Waals surface area contributed by atoms with Crippen molar-refractivity contribution in [1.82, 2.24) is 10.2 Å². The average molecular weight is 250 g/mol. The normalized spacial score (nSPS) is 22.3. The van der Waals surface area contributed by atoms with Gasteiger partial charge in [0.15, 0.2) is 0 Å². The first-order valence-corrected chi connectivity index (χ1v) is 6.76. The van der Waals surface area contributed by atoms with Crippen molar-refractivity contribution in [2.24, 2.45) is 5.92 Å². The van der Waals surface area contributed by atoms with Crippen molar-refractivity contribution >= 4 is 0 Å². The molecule has 2 nitrogen and oxygen atoms in total. The summed E-state index contributed by atoms with van der Waals surface area (Å²) in [6.07, 6.45) is 1.24. The zero-order valence-corrected chi connectivity index (χ0v) is 11.5. The minimum atomic E-state index is -0.0923. The fraction of sp³-hybridized carbons (Fsp3) is 0.600. The molecule has 1 N–H and O–H groups in total. The SMILES string of the molecule is CNCC1CCN(C(C)c2ccc(C)c(F)c2)C1. The first-order chi connectivity index (χ1) is 8.61. The van der Waals surface area contributed by atoms with E-state index in [-0.39, 0.29) is 5.82 Å². The van der Waals surface area contributed by atoms with Crippen molar-refractivity contribution in [3.05, 3.63) is 35.1 Å². The lowest BCUT2D eigenvalue weighted by Crippen LogP contribution is -2.27. The van der Waals surface area contributed by atoms with E-state index in [1.54, 1.807) is 6.07 Å².